The number of hydrogen-bond acceptors (Lipinski definition) is 6. The van der Waals surface area contributed by atoms with Crippen molar-refractivity contribution in [3.63, 3.8) is 0 Å². The fourth-order valence-electron chi connectivity index (χ4n) is 3.52. The summed E-state index contributed by atoms with van der Waals surface area (Å²) in [7, 11) is 0. The van der Waals surface area contributed by atoms with Crippen LogP contribution in [0.2, 0.25) is 0 Å². The Morgan fingerprint density at radius 3 is 2.42 bits per heavy atom. The van der Waals surface area contributed by atoms with E-state index in [1.165, 1.54) is 0 Å². The van der Waals surface area contributed by atoms with Gasteiger partial charge in [-0.2, -0.15) is 9.61 Å². The lowest BCUT2D eigenvalue weighted by Gasteiger charge is -2.32. The van der Waals surface area contributed by atoms with E-state index >= 15 is 0 Å². The third-order valence-electron chi connectivity index (χ3n) is 5.07. The van der Waals surface area contributed by atoms with Gasteiger partial charge in [0.1, 0.15) is 5.82 Å². The molecule has 1 saturated heterocycles. The summed E-state index contributed by atoms with van der Waals surface area (Å²) in [5.41, 5.74) is 2.86. The Labute approximate surface area is 153 Å². The molecule has 0 aromatic carbocycles. The molecule has 1 fully saturated rings. The molecule has 4 rings (SSSR count). The number of aryl methyl sites for hydroxylation is 1. The SMILES string of the molecule is Cc1nccnc1N1CCC(c2nnc3ccc(C(C)(C)C)nn23)CC1. The summed E-state index contributed by atoms with van der Waals surface area (Å²) in [6.07, 6.45) is 5.53. The highest BCUT2D eigenvalue weighted by atomic mass is 15.4. The minimum Gasteiger partial charge on any atom is -0.355 e. The van der Waals surface area contributed by atoms with Crippen LogP contribution in [-0.2, 0) is 5.41 Å². The van der Waals surface area contributed by atoms with Crippen LogP contribution in [0.5, 0.6) is 0 Å². The Hall–Kier alpha value is -2.57. The molecule has 7 heteroatoms. The van der Waals surface area contributed by atoms with Crippen LogP contribution in [0, 0.1) is 6.92 Å². The van der Waals surface area contributed by atoms with Gasteiger partial charge in [-0.25, -0.2) is 4.98 Å². The molecular weight excluding hydrogens is 326 g/mol. The molecule has 0 saturated carbocycles. The van der Waals surface area contributed by atoms with Gasteiger partial charge in [-0.15, -0.1) is 10.2 Å². The van der Waals surface area contributed by atoms with Gasteiger partial charge in [0.2, 0.25) is 0 Å². The van der Waals surface area contributed by atoms with Crippen molar-refractivity contribution in [1.82, 2.24) is 29.8 Å². The van der Waals surface area contributed by atoms with E-state index in [1.807, 2.05) is 23.6 Å². The molecule has 0 bridgehead atoms. The van der Waals surface area contributed by atoms with Crippen molar-refractivity contribution in [2.24, 2.45) is 0 Å². The first kappa shape index (κ1) is 16.9. The molecule has 3 aromatic heterocycles. The molecule has 0 unspecified atom stereocenters. The van der Waals surface area contributed by atoms with E-state index in [4.69, 9.17) is 5.10 Å². The van der Waals surface area contributed by atoms with Crippen molar-refractivity contribution in [2.75, 3.05) is 18.0 Å². The second kappa shape index (κ2) is 6.30. The van der Waals surface area contributed by atoms with Crippen LogP contribution in [0.4, 0.5) is 5.82 Å². The molecule has 0 radical (unpaired) electrons. The van der Waals surface area contributed by atoms with E-state index in [1.54, 1.807) is 12.4 Å². The number of fused-ring (bicyclic) bond motifs is 1. The normalized spacial score (nSPS) is 16.4. The van der Waals surface area contributed by atoms with Crippen LogP contribution < -0.4 is 4.90 Å². The Morgan fingerprint density at radius 2 is 1.73 bits per heavy atom. The zero-order valence-electron chi connectivity index (χ0n) is 15.8. The summed E-state index contributed by atoms with van der Waals surface area (Å²) in [4.78, 5) is 11.2. The summed E-state index contributed by atoms with van der Waals surface area (Å²) in [5.74, 6) is 2.33. The van der Waals surface area contributed by atoms with Gasteiger partial charge in [0.15, 0.2) is 11.5 Å². The van der Waals surface area contributed by atoms with Crippen molar-refractivity contribution in [2.45, 2.75) is 51.9 Å². The fourth-order valence-corrected chi connectivity index (χ4v) is 3.52. The molecule has 3 aromatic rings. The molecule has 136 valence electrons. The van der Waals surface area contributed by atoms with Crippen molar-refractivity contribution in [3.8, 4) is 0 Å². The van der Waals surface area contributed by atoms with Crippen LogP contribution >= 0.6 is 0 Å². The van der Waals surface area contributed by atoms with E-state index in [2.05, 4.69) is 45.8 Å². The number of hydrogen-bond donors (Lipinski definition) is 0. The standard InChI is InChI=1S/C19H25N7/c1-13-17(21-10-9-20-13)25-11-7-14(8-12-25)18-23-22-16-6-5-15(19(2,3)4)24-26(16)18/h5-6,9-10,14H,7-8,11-12H2,1-4H3. The third-order valence-corrected chi connectivity index (χ3v) is 5.07. The van der Waals surface area contributed by atoms with Crippen molar-refractivity contribution in [1.29, 1.82) is 0 Å². The van der Waals surface area contributed by atoms with Crippen LogP contribution in [0.25, 0.3) is 5.65 Å². The summed E-state index contributed by atoms with van der Waals surface area (Å²) in [5, 5.41) is 13.6. The maximum atomic E-state index is 4.83. The number of anilines is 1. The molecule has 26 heavy (non-hydrogen) atoms. The molecule has 0 spiro atoms. The summed E-state index contributed by atoms with van der Waals surface area (Å²) < 4.78 is 1.94. The summed E-state index contributed by atoms with van der Waals surface area (Å²) in [6.45, 7) is 10.4. The average Bonchev–Trinajstić information content (AvgIpc) is 3.05. The van der Waals surface area contributed by atoms with Gasteiger partial charge in [-0.05, 0) is 31.9 Å². The predicted octanol–water partition coefficient (Wildman–Crippen LogP) is 2.90. The van der Waals surface area contributed by atoms with Gasteiger partial charge in [0.05, 0.1) is 11.4 Å². The van der Waals surface area contributed by atoms with Gasteiger partial charge in [0.25, 0.3) is 0 Å². The Bertz CT molecular complexity index is 917. The molecule has 0 atom stereocenters. The topological polar surface area (TPSA) is 72.1 Å². The van der Waals surface area contributed by atoms with Crippen LogP contribution in [0.3, 0.4) is 0 Å². The largest absolute Gasteiger partial charge is 0.355 e. The fraction of sp³-hybridized carbons (Fsp3) is 0.526. The van der Waals surface area contributed by atoms with Gasteiger partial charge in [-0.3, -0.25) is 4.98 Å². The number of aromatic nitrogens is 6. The highest BCUT2D eigenvalue weighted by molar-refractivity contribution is 5.43. The Balaban J connectivity index is 1.57. The minimum atomic E-state index is 0.00258. The molecular formula is C19H25N7. The van der Waals surface area contributed by atoms with Crippen LogP contribution in [0.1, 0.15) is 56.7 Å². The lowest BCUT2D eigenvalue weighted by molar-refractivity contribution is 0.470. The first-order valence-corrected chi connectivity index (χ1v) is 9.19. The summed E-state index contributed by atoms with van der Waals surface area (Å²) in [6, 6.07) is 4.06. The van der Waals surface area contributed by atoms with E-state index < -0.39 is 0 Å². The van der Waals surface area contributed by atoms with Crippen molar-refractivity contribution >= 4 is 11.5 Å². The van der Waals surface area contributed by atoms with Crippen LogP contribution in [0.15, 0.2) is 24.5 Å². The number of rotatable bonds is 2. The lowest BCUT2D eigenvalue weighted by Crippen LogP contribution is -2.34. The quantitative estimate of drug-likeness (QED) is 0.707. The zero-order valence-corrected chi connectivity index (χ0v) is 15.8. The van der Waals surface area contributed by atoms with E-state index in [0.29, 0.717) is 5.92 Å². The summed E-state index contributed by atoms with van der Waals surface area (Å²) >= 11 is 0. The maximum absolute atomic E-state index is 4.83. The van der Waals surface area contributed by atoms with E-state index in [9.17, 15) is 0 Å². The molecule has 1 aliphatic rings. The van der Waals surface area contributed by atoms with Gasteiger partial charge < -0.3 is 4.90 Å². The maximum Gasteiger partial charge on any atom is 0.177 e. The molecule has 0 aliphatic carbocycles. The van der Waals surface area contributed by atoms with Crippen molar-refractivity contribution < 1.29 is 0 Å². The van der Waals surface area contributed by atoms with Crippen LogP contribution in [-0.4, -0.2) is 42.9 Å². The first-order chi connectivity index (χ1) is 12.4. The highest BCUT2D eigenvalue weighted by Crippen LogP contribution is 2.30. The smallest absolute Gasteiger partial charge is 0.177 e. The van der Waals surface area contributed by atoms with E-state index in [0.717, 1.165) is 54.6 Å². The predicted molar refractivity (Wildman–Crippen MR) is 100 cm³/mol. The van der Waals surface area contributed by atoms with Gasteiger partial charge >= 0.3 is 0 Å². The number of nitrogens with zero attached hydrogens (tertiary/aromatic N) is 7. The Kier molecular flexibility index (Phi) is 4.09. The molecule has 1 aliphatic heterocycles. The molecule has 0 amide bonds. The highest BCUT2D eigenvalue weighted by Gasteiger charge is 2.27. The monoisotopic (exact) mass is 351 g/mol. The molecule has 4 heterocycles. The second-order valence-corrected chi connectivity index (χ2v) is 8.02. The molecule has 7 nitrogen and oxygen atoms in total. The third kappa shape index (κ3) is 3.02. The molecule has 0 N–H and O–H groups in total. The second-order valence-electron chi connectivity index (χ2n) is 8.02. The average molecular weight is 351 g/mol. The lowest BCUT2D eigenvalue weighted by atomic mass is 9.92. The van der Waals surface area contributed by atoms with E-state index in [-0.39, 0.29) is 5.41 Å². The zero-order chi connectivity index (χ0) is 18.3. The minimum absolute atomic E-state index is 0.00258. The van der Waals surface area contributed by atoms with Crippen molar-refractivity contribution in [3.05, 3.63) is 41.7 Å². The Morgan fingerprint density at radius 1 is 1.00 bits per heavy atom. The number of piperidine rings is 1. The van der Waals surface area contributed by atoms with Gasteiger partial charge in [0, 0.05) is 36.8 Å². The first-order valence-electron chi connectivity index (χ1n) is 9.19. The van der Waals surface area contributed by atoms with Gasteiger partial charge in [-0.1, -0.05) is 20.8 Å².